The van der Waals surface area contributed by atoms with Crippen LogP contribution in [0.1, 0.15) is 65.7 Å². The van der Waals surface area contributed by atoms with Crippen molar-refractivity contribution in [3.8, 4) is 22.6 Å². The summed E-state index contributed by atoms with van der Waals surface area (Å²) in [4.78, 5) is 11.3. The lowest BCUT2D eigenvalue weighted by Gasteiger charge is -2.14. The van der Waals surface area contributed by atoms with Gasteiger partial charge in [0.05, 0.1) is 6.61 Å². The molecule has 1 atom stereocenters. The van der Waals surface area contributed by atoms with Gasteiger partial charge in [-0.3, -0.25) is 4.79 Å². The molecule has 0 heterocycles. The molecule has 0 aliphatic rings. The Bertz CT molecular complexity index is 722. The fraction of sp³-hybridized carbons (Fsp3) is 0.500. The Morgan fingerprint density at radius 3 is 1.87 bits per heavy atom. The maximum Gasteiger partial charge on any atom is 0.305 e. The summed E-state index contributed by atoms with van der Waals surface area (Å²) in [6.45, 7) is 6.98. The molecule has 30 heavy (non-hydrogen) atoms. The zero-order valence-electron chi connectivity index (χ0n) is 18.7. The molecular weight excluding hydrogens is 376 g/mol. The van der Waals surface area contributed by atoms with E-state index in [4.69, 9.17) is 14.2 Å². The first-order valence-corrected chi connectivity index (χ1v) is 11.3. The first kappa shape index (κ1) is 23.8. The summed E-state index contributed by atoms with van der Waals surface area (Å²) < 4.78 is 16.8. The summed E-state index contributed by atoms with van der Waals surface area (Å²) in [6.07, 6.45) is 7.73. The molecule has 2 aromatic carbocycles. The fourth-order valence-corrected chi connectivity index (χ4v) is 3.11. The van der Waals surface area contributed by atoms with Crippen molar-refractivity contribution in [2.45, 2.75) is 71.8 Å². The zero-order chi connectivity index (χ0) is 21.6. The lowest BCUT2D eigenvalue weighted by atomic mass is 10.1. The Hall–Kier alpha value is -2.49. The molecule has 0 saturated heterocycles. The summed E-state index contributed by atoms with van der Waals surface area (Å²) >= 11 is 0. The van der Waals surface area contributed by atoms with Gasteiger partial charge in [-0.2, -0.15) is 0 Å². The third kappa shape index (κ3) is 8.89. The molecule has 0 radical (unpaired) electrons. The Balaban J connectivity index is 1.75. The largest absolute Gasteiger partial charge is 0.494 e. The van der Waals surface area contributed by atoms with Crippen LogP contribution < -0.4 is 9.47 Å². The lowest BCUT2D eigenvalue weighted by molar-refractivity contribution is -0.149. The molecule has 0 aromatic heterocycles. The van der Waals surface area contributed by atoms with Crippen molar-refractivity contribution in [3.63, 3.8) is 0 Å². The van der Waals surface area contributed by atoms with Gasteiger partial charge < -0.3 is 14.2 Å². The molecule has 0 amide bonds. The molecule has 0 fully saturated rings. The van der Waals surface area contributed by atoms with Crippen molar-refractivity contribution in [1.82, 2.24) is 0 Å². The van der Waals surface area contributed by atoms with Gasteiger partial charge in [-0.15, -0.1) is 0 Å². The van der Waals surface area contributed by atoms with Gasteiger partial charge in [0.25, 0.3) is 0 Å². The number of unbranched alkanes of at least 4 members (excludes halogenated alkanes) is 5. The van der Waals surface area contributed by atoms with Crippen LogP contribution in [0.2, 0.25) is 0 Å². The van der Waals surface area contributed by atoms with Gasteiger partial charge in [0.1, 0.15) is 24.2 Å². The van der Waals surface area contributed by atoms with Crippen molar-refractivity contribution in [2.24, 2.45) is 0 Å². The topological polar surface area (TPSA) is 44.8 Å². The smallest absolute Gasteiger partial charge is 0.305 e. The number of hydrogen-bond donors (Lipinski definition) is 0. The highest BCUT2D eigenvalue weighted by molar-refractivity contribution is 5.69. The molecule has 0 N–H and O–H groups in total. The molecule has 0 aliphatic carbocycles. The van der Waals surface area contributed by atoms with Gasteiger partial charge in [0.2, 0.25) is 0 Å². The maximum atomic E-state index is 11.3. The predicted octanol–water partition coefficient (Wildman–Crippen LogP) is 6.81. The fourth-order valence-electron chi connectivity index (χ4n) is 3.11. The van der Waals surface area contributed by atoms with E-state index in [2.05, 4.69) is 19.1 Å². The van der Waals surface area contributed by atoms with Crippen molar-refractivity contribution < 1.29 is 19.0 Å². The van der Waals surface area contributed by atoms with Crippen molar-refractivity contribution in [2.75, 3.05) is 13.2 Å². The monoisotopic (exact) mass is 412 g/mol. The van der Waals surface area contributed by atoms with Crippen LogP contribution in [-0.4, -0.2) is 25.3 Å². The molecule has 0 bridgehead atoms. The van der Waals surface area contributed by atoms with Gasteiger partial charge in [-0.25, -0.2) is 0 Å². The van der Waals surface area contributed by atoms with Gasteiger partial charge in [0, 0.05) is 6.42 Å². The minimum absolute atomic E-state index is 0.208. The minimum Gasteiger partial charge on any atom is -0.494 e. The van der Waals surface area contributed by atoms with Crippen LogP contribution in [0.3, 0.4) is 0 Å². The van der Waals surface area contributed by atoms with Gasteiger partial charge >= 0.3 is 5.97 Å². The summed E-state index contributed by atoms with van der Waals surface area (Å²) in [5.74, 6) is 1.47. The third-order valence-electron chi connectivity index (χ3n) is 4.91. The van der Waals surface area contributed by atoms with E-state index in [9.17, 15) is 4.79 Å². The van der Waals surface area contributed by atoms with E-state index in [1.54, 1.807) is 6.92 Å². The van der Waals surface area contributed by atoms with Crippen LogP contribution in [0.5, 0.6) is 11.5 Å². The van der Waals surface area contributed by atoms with E-state index in [0.29, 0.717) is 13.0 Å². The van der Waals surface area contributed by atoms with E-state index in [0.717, 1.165) is 35.7 Å². The van der Waals surface area contributed by atoms with Crippen molar-refractivity contribution in [3.05, 3.63) is 48.5 Å². The van der Waals surface area contributed by atoms with Crippen LogP contribution in [0.4, 0.5) is 0 Å². The molecule has 164 valence electrons. The lowest BCUT2D eigenvalue weighted by Crippen LogP contribution is -2.21. The Morgan fingerprint density at radius 2 is 1.30 bits per heavy atom. The van der Waals surface area contributed by atoms with Crippen molar-refractivity contribution >= 4 is 5.97 Å². The average Bonchev–Trinajstić information content (AvgIpc) is 2.78. The van der Waals surface area contributed by atoms with Crippen LogP contribution in [0.15, 0.2) is 48.5 Å². The standard InChI is InChI=1S/C26H36O4/c1-4-6-7-8-9-10-19-28-24-15-11-22(12-16-24)23-13-17-25(18-14-23)29-20-21(3)30-26(27)5-2/h11-18,21H,4-10,19-20H2,1-3H3. The first-order chi connectivity index (χ1) is 14.6. The number of carbonyl (C=O) groups is 1. The predicted molar refractivity (Wildman–Crippen MR) is 122 cm³/mol. The minimum atomic E-state index is -0.263. The molecule has 0 spiro atoms. The van der Waals surface area contributed by atoms with E-state index in [1.165, 1.54) is 32.1 Å². The molecular formula is C26H36O4. The Labute approximate surface area is 181 Å². The van der Waals surface area contributed by atoms with Crippen LogP contribution in [-0.2, 0) is 9.53 Å². The molecule has 4 heteroatoms. The van der Waals surface area contributed by atoms with Crippen molar-refractivity contribution in [1.29, 1.82) is 0 Å². The number of benzene rings is 2. The second-order valence-corrected chi connectivity index (χ2v) is 7.63. The third-order valence-corrected chi connectivity index (χ3v) is 4.91. The normalized spacial score (nSPS) is 11.7. The van der Waals surface area contributed by atoms with E-state index >= 15 is 0 Å². The van der Waals surface area contributed by atoms with E-state index in [-0.39, 0.29) is 12.1 Å². The number of rotatable bonds is 14. The highest BCUT2D eigenvalue weighted by atomic mass is 16.6. The quantitative estimate of drug-likeness (QED) is 0.252. The van der Waals surface area contributed by atoms with Gasteiger partial charge in [-0.1, -0.05) is 70.2 Å². The maximum absolute atomic E-state index is 11.3. The number of ether oxygens (including phenoxy) is 3. The van der Waals surface area contributed by atoms with Gasteiger partial charge in [-0.05, 0) is 48.7 Å². The Kier molecular flexibility index (Phi) is 10.8. The Morgan fingerprint density at radius 1 is 0.767 bits per heavy atom. The first-order valence-electron chi connectivity index (χ1n) is 11.3. The number of hydrogen-bond acceptors (Lipinski definition) is 4. The molecule has 0 aliphatic heterocycles. The number of esters is 1. The summed E-state index contributed by atoms with van der Waals surface area (Å²) in [5, 5.41) is 0. The molecule has 2 rings (SSSR count). The zero-order valence-corrected chi connectivity index (χ0v) is 18.7. The molecule has 2 aromatic rings. The average molecular weight is 413 g/mol. The van der Waals surface area contributed by atoms with Crippen LogP contribution in [0.25, 0.3) is 11.1 Å². The summed E-state index contributed by atoms with van der Waals surface area (Å²) in [7, 11) is 0. The second-order valence-electron chi connectivity index (χ2n) is 7.63. The van der Waals surface area contributed by atoms with Crippen LogP contribution >= 0.6 is 0 Å². The summed E-state index contributed by atoms with van der Waals surface area (Å²) in [5.41, 5.74) is 2.26. The molecule has 0 saturated carbocycles. The highest BCUT2D eigenvalue weighted by Crippen LogP contribution is 2.25. The SMILES string of the molecule is CCCCCCCCOc1ccc(-c2ccc(OCC(C)OC(=O)CC)cc2)cc1. The van der Waals surface area contributed by atoms with Crippen LogP contribution in [0, 0.1) is 0 Å². The molecule has 4 nitrogen and oxygen atoms in total. The van der Waals surface area contributed by atoms with E-state index < -0.39 is 0 Å². The second kappa shape index (κ2) is 13.7. The summed E-state index contributed by atoms with van der Waals surface area (Å²) in [6, 6.07) is 16.2. The van der Waals surface area contributed by atoms with E-state index in [1.807, 2.05) is 43.3 Å². The highest BCUT2D eigenvalue weighted by Gasteiger charge is 2.08. The van der Waals surface area contributed by atoms with Gasteiger partial charge in [0.15, 0.2) is 0 Å². The number of carbonyl (C=O) groups excluding carboxylic acids is 1. The molecule has 1 unspecified atom stereocenters.